The first kappa shape index (κ1) is 26.2. The summed E-state index contributed by atoms with van der Waals surface area (Å²) in [5, 5.41) is 30.7. The molecule has 0 amide bonds. The van der Waals surface area contributed by atoms with Crippen LogP contribution >= 0.6 is 0 Å². The van der Waals surface area contributed by atoms with E-state index >= 15 is 0 Å². The lowest BCUT2D eigenvalue weighted by Gasteiger charge is -2.27. The van der Waals surface area contributed by atoms with Crippen LogP contribution in [-0.4, -0.2) is 43.5 Å². The van der Waals surface area contributed by atoms with Gasteiger partial charge in [-0.2, -0.15) is 0 Å². The van der Waals surface area contributed by atoms with Crippen LogP contribution in [0.15, 0.2) is 72.9 Å². The second kappa shape index (κ2) is 11.2. The molecule has 0 aliphatic carbocycles. The number of aromatic nitrogens is 1. The molecule has 7 heteroatoms. The molecule has 0 bridgehead atoms. The van der Waals surface area contributed by atoms with Crippen molar-refractivity contribution < 1.29 is 24.9 Å². The van der Waals surface area contributed by atoms with E-state index in [9.17, 15) is 20.1 Å². The maximum absolute atomic E-state index is 11.6. The summed E-state index contributed by atoms with van der Waals surface area (Å²) < 4.78 is 8.36. The molecule has 2 heterocycles. The van der Waals surface area contributed by atoms with E-state index < -0.39 is 5.97 Å². The number of hydrogen-bond donors (Lipinski definition) is 3. The summed E-state index contributed by atoms with van der Waals surface area (Å²) in [6.45, 7) is 5.52. The van der Waals surface area contributed by atoms with Crippen LogP contribution < -0.4 is 4.74 Å². The molecule has 1 atom stereocenters. The number of carboxylic acid groups (broad SMARTS) is 1. The van der Waals surface area contributed by atoms with Crippen molar-refractivity contribution in [2.24, 2.45) is 0 Å². The Labute approximate surface area is 228 Å². The predicted molar refractivity (Wildman–Crippen MR) is 152 cm³/mol. The Morgan fingerprint density at radius 2 is 1.74 bits per heavy atom. The van der Waals surface area contributed by atoms with Gasteiger partial charge in [-0.1, -0.05) is 18.2 Å². The second-order valence-electron chi connectivity index (χ2n) is 10.1. The summed E-state index contributed by atoms with van der Waals surface area (Å²) >= 11 is 0. The Morgan fingerprint density at radius 3 is 2.46 bits per heavy atom. The molecule has 1 aromatic heterocycles. The number of hydrogen-bond acceptors (Lipinski definition) is 5. The topological polar surface area (TPSA) is 95.2 Å². The molecule has 5 rings (SSSR count). The molecule has 39 heavy (non-hydrogen) atoms. The van der Waals surface area contributed by atoms with Crippen LogP contribution in [-0.2, 0) is 17.8 Å². The number of nitrogens with zero attached hydrogens (tertiary/aromatic N) is 2. The van der Waals surface area contributed by atoms with Crippen molar-refractivity contribution >= 4 is 16.9 Å². The summed E-state index contributed by atoms with van der Waals surface area (Å²) in [5.74, 6) is -0.0671. The van der Waals surface area contributed by atoms with Gasteiger partial charge >= 0.3 is 5.97 Å². The Morgan fingerprint density at radius 1 is 1.00 bits per heavy atom. The third-order valence-electron chi connectivity index (χ3n) is 7.40. The maximum atomic E-state index is 11.6. The van der Waals surface area contributed by atoms with Gasteiger partial charge in [0.15, 0.2) is 6.23 Å². The molecule has 4 aromatic rings. The molecular weight excluding hydrogens is 492 g/mol. The minimum Gasteiger partial charge on any atom is -0.508 e. The van der Waals surface area contributed by atoms with Gasteiger partial charge < -0.3 is 29.5 Å². The SMILES string of the molecule is Cc1c(-c2ccc(O)cc2)n(Cc2ccc(OC(C)N3C=CCCCC3)cc2)c2ccc(O)c(CC(=O)O)c12. The number of fused-ring (bicyclic) bond motifs is 1. The van der Waals surface area contributed by atoms with E-state index in [4.69, 9.17) is 4.74 Å². The molecule has 1 unspecified atom stereocenters. The van der Waals surface area contributed by atoms with Gasteiger partial charge in [0.2, 0.25) is 0 Å². The molecule has 0 radical (unpaired) electrons. The van der Waals surface area contributed by atoms with E-state index in [1.165, 1.54) is 6.42 Å². The number of phenolic OH excluding ortho intramolecular Hbond substituents is 2. The lowest BCUT2D eigenvalue weighted by atomic mass is 10.00. The average molecular weight is 527 g/mol. The molecule has 7 nitrogen and oxygen atoms in total. The molecule has 1 aliphatic heterocycles. The number of aryl methyl sites for hydroxylation is 1. The molecular formula is C32H34N2O5. The lowest BCUT2D eigenvalue weighted by Crippen LogP contribution is -2.33. The number of carbonyl (C=O) groups is 1. The van der Waals surface area contributed by atoms with Crippen molar-refractivity contribution in [2.45, 2.75) is 52.3 Å². The highest BCUT2D eigenvalue weighted by atomic mass is 16.5. The zero-order valence-corrected chi connectivity index (χ0v) is 22.3. The third kappa shape index (κ3) is 5.58. The van der Waals surface area contributed by atoms with Gasteiger partial charge in [-0.25, -0.2) is 0 Å². The van der Waals surface area contributed by atoms with Crippen LogP contribution in [0.4, 0.5) is 0 Å². The van der Waals surface area contributed by atoms with Crippen LogP contribution in [0.25, 0.3) is 22.2 Å². The van der Waals surface area contributed by atoms with Gasteiger partial charge in [0.25, 0.3) is 0 Å². The first-order valence-corrected chi connectivity index (χ1v) is 13.3. The van der Waals surface area contributed by atoms with E-state index in [1.54, 1.807) is 18.2 Å². The van der Waals surface area contributed by atoms with Gasteiger partial charge in [-0.3, -0.25) is 4.79 Å². The molecule has 0 saturated heterocycles. The molecule has 0 fully saturated rings. The van der Waals surface area contributed by atoms with Crippen LogP contribution in [0.2, 0.25) is 0 Å². The van der Waals surface area contributed by atoms with Crippen LogP contribution in [0.3, 0.4) is 0 Å². The summed E-state index contributed by atoms with van der Waals surface area (Å²) in [7, 11) is 0. The number of phenols is 2. The molecule has 0 saturated carbocycles. The minimum atomic E-state index is -1.00. The smallest absolute Gasteiger partial charge is 0.307 e. The Hall–Kier alpha value is -4.39. The number of ether oxygens (including phenoxy) is 1. The maximum Gasteiger partial charge on any atom is 0.307 e. The van der Waals surface area contributed by atoms with E-state index in [2.05, 4.69) is 28.7 Å². The Balaban J connectivity index is 1.50. The van der Waals surface area contributed by atoms with E-state index in [0.717, 1.165) is 58.4 Å². The van der Waals surface area contributed by atoms with Crippen LogP contribution in [0.1, 0.15) is 42.9 Å². The van der Waals surface area contributed by atoms with E-state index in [-0.39, 0.29) is 24.1 Å². The monoisotopic (exact) mass is 526 g/mol. The standard InChI is InChI=1S/C32H34N2O5/c1-21-31-27(19-30(37)38)29(36)16-15-28(31)34(32(21)24-9-11-25(35)12-10-24)20-23-7-13-26(14-8-23)39-22(2)33-17-5-3-4-6-18-33/h5,7-17,22,35-36H,3-4,6,18-20H2,1-2H3,(H,37,38). The normalized spacial score (nSPS) is 14.4. The summed E-state index contributed by atoms with van der Waals surface area (Å²) in [6, 6.07) is 18.4. The number of rotatable bonds is 8. The summed E-state index contributed by atoms with van der Waals surface area (Å²) in [5.41, 5.74) is 4.96. The van der Waals surface area contributed by atoms with Crippen molar-refractivity contribution in [1.82, 2.24) is 9.47 Å². The first-order chi connectivity index (χ1) is 18.8. The third-order valence-corrected chi connectivity index (χ3v) is 7.40. The number of aliphatic carboxylic acids is 1. The Bertz CT molecular complexity index is 1500. The van der Waals surface area contributed by atoms with Gasteiger partial charge in [0.1, 0.15) is 17.2 Å². The molecule has 1 aliphatic rings. The van der Waals surface area contributed by atoms with Crippen LogP contribution in [0.5, 0.6) is 17.2 Å². The fourth-order valence-electron chi connectivity index (χ4n) is 5.46. The van der Waals surface area contributed by atoms with Gasteiger partial charge in [-0.15, -0.1) is 0 Å². The Kier molecular flexibility index (Phi) is 7.50. The molecule has 202 valence electrons. The molecule has 3 N–H and O–H groups in total. The lowest BCUT2D eigenvalue weighted by molar-refractivity contribution is -0.136. The van der Waals surface area contributed by atoms with Crippen molar-refractivity contribution in [3.63, 3.8) is 0 Å². The number of aromatic hydroxyl groups is 2. The number of carboxylic acids is 1. The largest absolute Gasteiger partial charge is 0.508 e. The number of allylic oxidation sites excluding steroid dienone is 1. The highest BCUT2D eigenvalue weighted by Gasteiger charge is 2.22. The van der Waals surface area contributed by atoms with Gasteiger partial charge in [0.05, 0.1) is 12.1 Å². The zero-order valence-electron chi connectivity index (χ0n) is 22.3. The van der Waals surface area contributed by atoms with Crippen molar-refractivity contribution in [3.05, 3.63) is 89.6 Å². The highest BCUT2D eigenvalue weighted by molar-refractivity contribution is 5.97. The van der Waals surface area contributed by atoms with Gasteiger partial charge in [0, 0.05) is 29.6 Å². The van der Waals surface area contributed by atoms with Crippen molar-refractivity contribution in [2.75, 3.05) is 6.54 Å². The summed E-state index contributed by atoms with van der Waals surface area (Å²) in [4.78, 5) is 13.9. The molecule has 0 spiro atoms. The van der Waals surface area contributed by atoms with Gasteiger partial charge in [-0.05, 0) is 105 Å². The predicted octanol–water partition coefficient (Wildman–Crippen LogP) is 6.43. The van der Waals surface area contributed by atoms with Crippen molar-refractivity contribution in [3.8, 4) is 28.5 Å². The zero-order chi connectivity index (χ0) is 27.5. The van der Waals surface area contributed by atoms with E-state index in [0.29, 0.717) is 12.1 Å². The van der Waals surface area contributed by atoms with Crippen molar-refractivity contribution in [1.29, 1.82) is 0 Å². The minimum absolute atomic E-state index is 0.0303. The second-order valence-corrected chi connectivity index (χ2v) is 10.1. The molecule has 3 aromatic carbocycles. The van der Waals surface area contributed by atoms with E-state index in [1.807, 2.05) is 49.4 Å². The summed E-state index contributed by atoms with van der Waals surface area (Å²) in [6.07, 6.45) is 7.45. The first-order valence-electron chi connectivity index (χ1n) is 13.3. The van der Waals surface area contributed by atoms with Crippen LogP contribution in [0, 0.1) is 6.92 Å². The average Bonchev–Trinajstić information content (AvgIpc) is 3.07. The fraction of sp³-hybridized carbons (Fsp3) is 0.281. The number of benzene rings is 3. The quantitative estimate of drug-likeness (QED) is 0.245. The fourth-order valence-corrected chi connectivity index (χ4v) is 5.46. The highest BCUT2D eigenvalue weighted by Crippen LogP contribution is 2.39.